The number of hydrogen-bond acceptors (Lipinski definition) is 4. The molecule has 1 unspecified atom stereocenters. The van der Waals surface area contributed by atoms with E-state index in [1.165, 1.54) is 4.88 Å². The molecule has 1 atom stereocenters. The Kier molecular flexibility index (Phi) is 6.31. The van der Waals surface area contributed by atoms with Crippen LogP contribution in [0.1, 0.15) is 11.3 Å². The number of nitrogens with one attached hydrogen (secondary N) is 1. The Labute approximate surface area is 117 Å². The van der Waals surface area contributed by atoms with Crippen LogP contribution >= 0.6 is 27.3 Å². The van der Waals surface area contributed by atoms with Crippen LogP contribution in [0, 0.1) is 5.92 Å². The Morgan fingerprint density at radius 3 is 2.61 bits per heavy atom. The van der Waals surface area contributed by atoms with Crippen molar-refractivity contribution in [1.29, 1.82) is 0 Å². The van der Waals surface area contributed by atoms with Crippen molar-refractivity contribution < 1.29 is 19.8 Å². The van der Waals surface area contributed by atoms with Crippen molar-refractivity contribution in [2.75, 3.05) is 13.1 Å². The first-order valence-electron chi connectivity index (χ1n) is 5.38. The summed E-state index contributed by atoms with van der Waals surface area (Å²) in [5.41, 5.74) is 0. The van der Waals surface area contributed by atoms with Crippen LogP contribution in [-0.2, 0) is 16.0 Å². The molecule has 3 N–H and O–H groups in total. The van der Waals surface area contributed by atoms with Crippen LogP contribution in [0.25, 0.3) is 0 Å². The molecule has 1 rings (SSSR count). The van der Waals surface area contributed by atoms with Gasteiger partial charge in [0.2, 0.25) is 0 Å². The first kappa shape index (κ1) is 15.1. The highest BCUT2D eigenvalue weighted by atomic mass is 79.9. The summed E-state index contributed by atoms with van der Waals surface area (Å²) in [6.07, 6.45) is 0.447. The second-order valence-corrected chi connectivity index (χ2v) is 6.34. The summed E-state index contributed by atoms with van der Waals surface area (Å²) in [5.74, 6) is -3.05. The third kappa shape index (κ3) is 5.61. The van der Waals surface area contributed by atoms with Gasteiger partial charge in [0.1, 0.15) is 0 Å². The predicted octanol–water partition coefficient (Wildman–Crippen LogP) is 1.82. The molecule has 0 fully saturated rings. The lowest BCUT2D eigenvalue weighted by Crippen LogP contribution is -2.31. The molecule has 1 heterocycles. The van der Waals surface area contributed by atoms with Gasteiger partial charge in [-0.25, -0.2) is 0 Å². The predicted molar refractivity (Wildman–Crippen MR) is 72.0 cm³/mol. The fraction of sp³-hybridized carbons (Fsp3) is 0.455. The van der Waals surface area contributed by atoms with Crippen LogP contribution in [-0.4, -0.2) is 35.2 Å². The average Bonchev–Trinajstić information content (AvgIpc) is 2.68. The zero-order valence-corrected chi connectivity index (χ0v) is 12.0. The molecule has 0 bridgehead atoms. The maximum absolute atomic E-state index is 10.8. The molecule has 1 aromatic rings. The molecular formula is C11H14BrNO4S. The number of carboxylic acid groups (broad SMARTS) is 2. The van der Waals surface area contributed by atoms with Gasteiger partial charge in [0.15, 0.2) is 0 Å². The molecule has 0 radical (unpaired) electrons. The number of thiophene rings is 1. The lowest BCUT2D eigenvalue weighted by molar-refractivity contribution is -0.148. The van der Waals surface area contributed by atoms with Crippen LogP contribution in [0.2, 0.25) is 0 Å². The largest absolute Gasteiger partial charge is 0.481 e. The van der Waals surface area contributed by atoms with Crippen molar-refractivity contribution in [2.45, 2.75) is 12.8 Å². The summed E-state index contributed by atoms with van der Waals surface area (Å²) >= 11 is 5.00. The minimum absolute atomic E-state index is 0.175. The smallest absolute Gasteiger partial charge is 0.308 e. The van der Waals surface area contributed by atoms with Crippen LogP contribution in [0.3, 0.4) is 0 Å². The highest BCUT2D eigenvalue weighted by molar-refractivity contribution is 9.11. The van der Waals surface area contributed by atoms with E-state index in [1.54, 1.807) is 11.3 Å². The SMILES string of the molecule is O=C(O)CC(CNCCc1ccc(Br)s1)C(=O)O. The van der Waals surface area contributed by atoms with E-state index < -0.39 is 17.9 Å². The zero-order chi connectivity index (χ0) is 13.5. The third-order valence-electron chi connectivity index (χ3n) is 2.34. The molecule has 0 amide bonds. The lowest BCUT2D eigenvalue weighted by Gasteiger charge is -2.10. The number of hydrogen-bond donors (Lipinski definition) is 3. The van der Waals surface area contributed by atoms with E-state index in [9.17, 15) is 9.59 Å². The second-order valence-electron chi connectivity index (χ2n) is 3.79. The minimum atomic E-state index is -1.09. The number of aliphatic carboxylic acids is 2. The Bertz CT molecular complexity index is 421. The molecule has 0 spiro atoms. The van der Waals surface area contributed by atoms with Gasteiger partial charge in [0, 0.05) is 11.4 Å². The van der Waals surface area contributed by atoms with Gasteiger partial charge in [0.25, 0.3) is 0 Å². The van der Waals surface area contributed by atoms with Crippen LogP contribution in [0.4, 0.5) is 0 Å². The zero-order valence-electron chi connectivity index (χ0n) is 9.56. The summed E-state index contributed by atoms with van der Waals surface area (Å²) in [5, 5.41) is 20.4. The monoisotopic (exact) mass is 335 g/mol. The van der Waals surface area contributed by atoms with E-state index >= 15 is 0 Å². The van der Waals surface area contributed by atoms with Gasteiger partial charge >= 0.3 is 11.9 Å². The Hall–Kier alpha value is -0.920. The van der Waals surface area contributed by atoms with Crippen molar-refractivity contribution in [2.24, 2.45) is 5.92 Å². The van der Waals surface area contributed by atoms with Gasteiger partial charge in [0.05, 0.1) is 16.1 Å². The quantitative estimate of drug-likeness (QED) is 0.631. The van der Waals surface area contributed by atoms with Crippen molar-refractivity contribution in [3.8, 4) is 0 Å². The van der Waals surface area contributed by atoms with E-state index in [1.807, 2.05) is 12.1 Å². The molecule has 0 aliphatic carbocycles. The van der Waals surface area contributed by atoms with E-state index in [2.05, 4.69) is 21.2 Å². The summed E-state index contributed by atoms with van der Waals surface area (Å²) in [7, 11) is 0. The fourth-order valence-electron chi connectivity index (χ4n) is 1.43. The molecule has 100 valence electrons. The van der Waals surface area contributed by atoms with Crippen molar-refractivity contribution in [3.05, 3.63) is 20.8 Å². The van der Waals surface area contributed by atoms with Gasteiger partial charge in [-0.1, -0.05) is 0 Å². The Balaban J connectivity index is 2.26. The maximum Gasteiger partial charge on any atom is 0.308 e. The van der Waals surface area contributed by atoms with Crippen molar-refractivity contribution in [3.63, 3.8) is 0 Å². The second kappa shape index (κ2) is 7.50. The van der Waals surface area contributed by atoms with Crippen molar-refractivity contribution >= 4 is 39.2 Å². The van der Waals surface area contributed by atoms with Gasteiger partial charge in [-0.3, -0.25) is 9.59 Å². The lowest BCUT2D eigenvalue weighted by atomic mass is 10.1. The van der Waals surface area contributed by atoms with Gasteiger partial charge in [-0.05, 0) is 41.0 Å². The summed E-state index contributed by atoms with van der Waals surface area (Å²) in [6, 6.07) is 3.97. The van der Waals surface area contributed by atoms with Crippen LogP contribution in [0.5, 0.6) is 0 Å². The van der Waals surface area contributed by atoms with Gasteiger partial charge in [-0.2, -0.15) is 0 Å². The first-order valence-corrected chi connectivity index (χ1v) is 6.99. The molecule has 5 nitrogen and oxygen atoms in total. The highest BCUT2D eigenvalue weighted by Gasteiger charge is 2.20. The minimum Gasteiger partial charge on any atom is -0.481 e. The first-order chi connectivity index (χ1) is 8.49. The molecule has 0 aromatic carbocycles. The number of halogens is 1. The molecule has 7 heteroatoms. The number of carboxylic acids is 2. The highest BCUT2D eigenvalue weighted by Crippen LogP contribution is 2.22. The molecule has 0 aliphatic heterocycles. The summed E-state index contributed by atoms with van der Waals surface area (Å²) in [6.45, 7) is 0.810. The van der Waals surface area contributed by atoms with E-state index in [0.29, 0.717) is 6.54 Å². The van der Waals surface area contributed by atoms with Crippen LogP contribution in [0.15, 0.2) is 15.9 Å². The van der Waals surface area contributed by atoms with Gasteiger partial charge < -0.3 is 15.5 Å². The third-order valence-corrected chi connectivity index (χ3v) is 4.02. The van der Waals surface area contributed by atoms with Gasteiger partial charge in [-0.15, -0.1) is 11.3 Å². The summed E-state index contributed by atoms with van der Waals surface area (Å²) in [4.78, 5) is 22.5. The topological polar surface area (TPSA) is 86.6 Å². The number of carbonyl (C=O) groups is 2. The van der Waals surface area contributed by atoms with Crippen LogP contribution < -0.4 is 5.32 Å². The van der Waals surface area contributed by atoms with E-state index in [0.717, 1.165) is 10.2 Å². The average molecular weight is 336 g/mol. The Morgan fingerprint density at radius 1 is 1.39 bits per heavy atom. The molecular weight excluding hydrogens is 322 g/mol. The van der Waals surface area contributed by atoms with E-state index in [-0.39, 0.29) is 13.0 Å². The molecule has 18 heavy (non-hydrogen) atoms. The fourth-order valence-corrected chi connectivity index (χ4v) is 2.91. The summed E-state index contributed by atoms with van der Waals surface area (Å²) < 4.78 is 1.06. The standard InChI is InChI=1S/C11H14BrNO4S/c12-9-2-1-8(18-9)3-4-13-6-7(11(16)17)5-10(14)15/h1-2,7,13H,3-6H2,(H,14,15)(H,16,17). The molecule has 0 saturated heterocycles. The van der Waals surface area contributed by atoms with E-state index in [4.69, 9.17) is 10.2 Å². The normalized spacial score (nSPS) is 12.3. The number of rotatable bonds is 8. The molecule has 0 aliphatic rings. The van der Waals surface area contributed by atoms with Crippen molar-refractivity contribution in [1.82, 2.24) is 5.32 Å². The maximum atomic E-state index is 10.8. The Morgan fingerprint density at radius 2 is 2.11 bits per heavy atom. The molecule has 0 saturated carbocycles. The molecule has 1 aromatic heterocycles.